The lowest BCUT2D eigenvalue weighted by atomic mass is 10.2. The maximum absolute atomic E-state index is 12.5. The van der Waals surface area contributed by atoms with Crippen molar-refractivity contribution in [1.82, 2.24) is 20.0 Å². The molecule has 2 heterocycles. The van der Waals surface area contributed by atoms with Gasteiger partial charge in [0.2, 0.25) is 5.91 Å². The topological polar surface area (TPSA) is 89.8 Å². The Morgan fingerprint density at radius 2 is 1.93 bits per heavy atom. The SMILES string of the molecule is Cc1ccc(NC(=O)Cc2nc(Cn3nnc4ccccc4c3=O)cs2)cc1. The first-order chi connectivity index (χ1) is 13.6. The van der Waals surface area contributed by atoms with Crippen molar-refractivity contribution >= 4 is 33.8 Å². The molecule has 140 valence electrons. The molecule has 1 amide bonds. The second kappa shape index (κ2) is 7.69. The molecule has 28 heavy (non-hydrogen) atoms. The minimum absolute atomic E-state index is 0.132. The Labute approximate surface area is 164 Å². The van der Waals surface area contributed by atoms with E-state index in [2.05, 4.69) is 20.6 Å². The van der Waals surface area contributed by atoms with Crippen LogP contribution >= 0.6 is 11.3 Å². The Balaban J connectivity index is 1.44. The molecule has 4 rings (SSSR count). The summed E-state index contributed by atoms with van der Waals surface area (Å²) in [6.07, 6.45) is 0.177. The normalized spacial score (nSPS) is 10.9. The van der Waals surface area contributed by atoms with Crippen molar-refractivity contribution in [2.24, 2.45) is 0 Å². The number of amides is 1. The van der Waals surface area contributed by atoms with Gasteiger partial charge in [-0.1, -0.05) is 35.0 Å². The number of aromatic nitrogens is 4. The fourth-order valence-corrected chi connectivity index (χ4v) is 3.55. The molecule has 0 aliphatic heterocycles. The van der Waals surface area contributed by atoms with Crippen LogP contribution in [-0.2, 0) is 17.8 Å². The van der Waals surface area contributed by atoms with E-state index in [1.807, 2.05) is 42.6 Å². The van der Waals surface area contributed by atoms with Gasteiger partial charge < -0.3 is 5.32 Å². The number of aryl methyl sites for hydroxylation is 1. The van der Waals surface area contributed by atoms with Gasteiger partial charge in [0.1, 0.15) is 10.5 Å². The smallest absolute Gasteiger partial charge is 0.277 e. The predicted molar refractivity (Wildman–Crippen MR) is 109 cm³/mol. The van der Waals surface area contributed by atoms with Crippen molar-refractivity contribution in [2.45, 2.75) is 19.9 Å². The number of carbonyl (C=O) groups excluding carboxylic acids is 1. The van der Waals surface area contributed by atoms with E-state index in [0.717, 1.165) is 11.3 Å². The maximum atomic E-state index is 12.5. The minimum atomic E-state index is -0.211. The Kier molecular flexibility index (Phi) is 4.94. The second-order valence-corrected chi connectivity index (χ2v) is 7.34. The first kappa shape index (κ1) is 18.0. The zero-order valence-electron chi connectivity index (χ0n) is 15.1. The van der Waals surface area contributed by atoms with Crippen molar-refractivity contribution in [3.05, 3.63) is 80.5 Å². The van der Waals surface area contributed by atoms with Gasteiger partial charge in [-0.05, 0) is 31.2 Å². The molecule has 0 atom stereocenters. The van der Waals surface area contributed by atoms with Gasteiger partial charge >= 0.3 is 0 Å². The number of rotatable bonds is 5. The van der Waals surface area contributed by atoms with Crippen LogP contribution < -0.4 is 10.9 Å². The van der Waals surface area contributed by atoms with E-state index in [1.54, 1.807) is 18.2 Å². The van der Waals surface area contributed by atoms with E-state index in [9.17, 15) is 9.59 Å². The average molecular weight is 391 g/mol. The van der Waals surface area contributed by atoms with E-state index in [1.165, 1.54) is 16.0 Å². The van der Waals surface area contributed by atoms with Crippen LogP contribution in [0.2, 0.25) is 0 Å². The van der Waals surface area contributed by atoms with Crippen LogP contribution in [0.3, 0.4) is 0 Å². The number of benzene rings is 2. The van der Waals surface area contributed by atoms with Crippen LogP contribution in [0.4, 0.5) is 5.69 Å². The lowest BCUT2D eigenvalue weighted by molar-refractivity contribution is -0.115. The van der Waals surface area contributed by atoms with Crippen molar-refractivity contribution in [3.8, 4) is 0 Å². The molecule has 8 heteroatoms. The third-order valence-electron chi connectivity index (χ3n) is 4.19. The molecule has 2 aromatic heterocycles. The molecule has 4 aromatic rings. The number of anilines is 1. The van der Waals surface area contributed by atoms with Gasteiger partial charge in [0.15, 0.2) is 0 Å². The van der Waals surface area contributed by atoms with Crippen LogP contribution in [0.25, 0.3) is 10.9 Å². The molecule has 0 fully saturated rings. The number of carbonyl (C=O) groups is 1. The largest absolute Gasteiger partial charge is 0.326 e. The molecule has 0 unspecified atom stereocenters. The van der Waals surface area contributed by atoms with Crippen LogP contribution in [0.5, 0.6) is 0 Å². The molecule has 2 aromatic carbocycles. The highest BCUT2D eigenvalue weighted by Gasteiger charge is 2.11. The summed E-state index contributed by atoms with van der Waals surface area (Å²) in [5.74, 6) is -0.132. The van der Waals surface area contributed by atoms with Gasteiger partial charge in [0, 0.05) is 11.1 Å². The summed E-state index contributed by atoms with van der Waals surface area (Å²) in [5.41, 5.74) is 2.92. The summed E-state index contributed by atoms with van der Waals surface area (Å²) in [6, 6.07) is 14.7. The summed E-state index contributed by atoms with van der Waals surface area (Å²) < 4.78 is 1.29. The fraction of sp³-hybridized carbons (Fsp3) is 0.150. The van der Waals surface area contributed by atoms with Gasteiger partial charge in [0.05, 0.1) is 24.0 Å². The molecular weight excluding hydrogens is 374 g/mol. The zero-order chi connectivity index (χ0) is 19.5. The lowest BCUT2D eigenvalue weighted by Crippen LogP contribution is -2.25. The molecule has 0 spiro atoms. The fourth-order valence-electron chi connectivity index (χ4n) is 2.76. The zero-order valence-corrected chi connectivity index (χ0v) is 15.9. The van der Waals surface area contributed by atoms with Crippen LogP contribution in [0, 0.1) is 6.92 Å². The highest BCUT2D eigenvalue weighted by Crippen LogP contribution is 2.14. The van der Waals surface area contributed by atoms with E-state index in [4.69, 9.17) is 0 Å². The molecule has 0 bridgehead atoms. The highest BCUT2D eigenvalue weighted by atomic mass is 32.1. The summed E-state index contributed by atoms with van der Waals surface area (Å²) in [7, 11) is 0. The van der Waals surface area contributed by atoms with Gasteiger partial charge in [-0.3, -0.25) is 9.59 Å². The summed E-state index contributed by atoms with van der Waals surface area (Å²) in [5, 5.41) is 13.9. The summed E-state index contributed by atoms with van der Waals surface area (Å²) in [4.78, 5) is 29.2. The summed E-state index contributed by atoms with van der Waals surface area (Å²) in [6.45, 7) is 2.21. The Bertz CT molecular complexity index is 1200. The average Bonchev–Trinajstić information content (AvgIpc) is 3.13. The van der Waals surface area contributed by atoms with E-state index in [0.29, 0.717) is 21.6 Å². The van der Waals surface area contributed by atoms with Gasteiger partial charge in [-0.25, -0.2) is 9.67 Å². The molecule has 0 radical (unpaired) electrons. The quantitative estimate of drug-likeness (QED) is 0.565. The standard InChI is InChI=1S/C20H17N5O2S/c1-13-6-8-14(9-7-13)21-18(26)10-19-22-15(12-28-19)11-25-20(27)16-4-2-3-5-17(16)23-24-25/h2-9,12H,10-11H2,1H3,(H,21,26). The molecule has 1 N–H and O–H groups in total. The van der Waals surface area contributed by atoms with Crippen molar-refractivity contribution in [3.63, 3.8) is 0 Å². The van der Waals surface area contributed by atoms with Crippen LogP contribution in [-0.4, -0.2) is 25.9 Å². The summed E-state index contributed by atoms with van der Waals surface area (Å²) >= 11 is 1.38. The van der Waals surface area contributed by atoms with Gasteiger partial charge in [-0.2, -0.15) is 0 Å². The number of hydrogen-bond donors (Lipinski definition) is 1. The van der Waals surface area contributed by atoms with Crippen molar-refractivity contribution in [2.75, 3.05) is 5.32 Å². The Morgan fingerprint density at radius 3 is 2.75 bits per heavy atom. The number of fused-ring (bicyclic) bond motifs is 1. The first-order valence-electron chi connectivity index (χ1n) is 8.71. The monoisotopic (exact) mass is 391 g/mol. The minimum Gasteiger partial charge on any atom is -0.326 e. The second-order valence-electron chi connectivity index (χ2n) is 6.39. The van der Waals surface area contributed by atoms with Gasteiger partial charge in [0.25, 0.3) is 5.56 Å². The lowest BCUT2D eigenvalue weighted by Gasteiger charge is -2.04. The van der Waals surface area contributed by atoms with Crippen LogP contribution in [0.1, 0.15) is 16.3 Å². The third kappa shape index (κ3) is 3.96. The molecule has 0 aliphatic carbocycles. The van der Waals surface area contributed by atoms with Gasteiger partial charge in [-0.15, -0.1) is 16.4 Å². The van der Waals surface area contributed by atoms with Crippen molar-refractivity contribution < 1.29 is 4.79 Å². The molecule has 0 saturated heterocycles. The number of thiazole rings is 1. The number of nitrogens with one attached hydrogen (secondary N) is 1. The Hall–Kier alpha value is -3.39. The molecular formula is C20H17N5O2S. The molecule has 0 aliphatic rings. The number of hydrogen-bond acceptors (Lipinski definition) is 6. The first-order valence-corrected chi connectivity index (χ1v) is 9.59. The third-order valence-corrected chi connectivity index (χ3v) is 5.09. The highest BCUT2D eigenvalue weighted by molar-refractivity contribution is 7.09. The van der Waals surface area contributed by atoms with E-state index < -0.39 is 0 Å². The Morgan fingerprint density at radius 1 is 1.14 bits per heavy atom. The number of nitrogens with zero attached hydrogens (tertiary/aromatic N) is 4. The maximum Gasteiger partial charge on any atom is 0.277 e. The van der Waals surface area contributed by atoms with E-state index in [-0.39, 0.29) is 24.4 Å². The van der Waals surface area contributed by atoms with E-state index >= 15 is 0 Å². The predicted octanol–water partition coefficient (Wildman–Crippen LogP) is 2.79. The molecule has 7 nitrogen and oxygen atoms in total. The molecule has 0 saturated carbocycles. The van der Waals surface area contributed by atoms with Crippen molar-refractivity contribution in [1.29, 1.82) is 0 Å². The van der Waals surface area contributed by atoms with Crippen LogP contribution in [0.15, 0.2) is 58.7 Å².